The largest absolute Gasteiger partial charge is 0.306 e. The van der Waals surface area contributed by atoms with Gasteiger partial charge >= 0.3 is 0 Å². The summed E-state index contributed by atoms with van der Waals surface area (Å²) in [5.41, 5.74) is 3.36. The van der Waals surface area contributed by atoms with E-state index in [1.165, 1.54) is 11.3 Å². The van der Waals surface area contributed by atoms with E-state index in [1.54, 1.807) is 12.4 Å². The molecule has 4 rings (SSSR count). The zero-order valence-corrected chi connectivity index (χ0v) is 15.5. The van der Waals surface area contributed by atoms with Crippen molar-refractivity contribution in [3.8, 4) is 0 Å². The molecule has 1 N–H and O–H groups in total. The predicted molar refractivity (Wildman–Crippen MR) is 104 cm³/mol. The van der Waals surface area contributed by atoms with Crippen molar-refractivity contribution in [2.75, 3.05) is 5.32 Å². The molecule has 0 atom stereocenters. The highest BCUT2D eigenvalue weighted by Gasteiger charge is 2.13. The Morgan fingerprint density at radius 3 is 2.88 bits per heavy atom. The normalized spacial score (nSPS) is 11.0. The van der Waals surface area contributed by atoms with Crippen LogP contribution in [-0.2, 0) is 6.42 Å². The molecule has 1 aromatic carbocycles. The van der Waals surface area contributed by atoms with E-state index in [2.05, 4.69) is 15.3 Å². The Morgan fingerprint density at radius 2 is 2.08 bits per heavy atom. The maximum absolute atomic E-state index is 12.4. The second kappa shape index (κ2) is 6.90. The van der Waals surface area contributed by atoms with Crippen LogP contribution in [0.15, 0.2) is 55.0 Å². The van der Waals surface area contributed by atoms with Crippen LogP contribution in [0.1, 0.15) is 26.5 Å². The van der Waals surface area contributed by atoms with Crippen molar-refractivity contribution in [1.82, 2.24) is 14.4 Å². The molecule has 3 aromatic heterocycles. The van der Waals surface area contributed by atoms with E-state index in [0.717, 1.165) is 28.1 Å². The number of nitrogens with zero attached hydrogens (tertiary/aromatic N) is 3. The summed E-state index contributed by atoms with van der Waals surface area (Å²) in [5, 5.41) is 4.10. The van der Waals surface area contributed by atoms with Crippen LogP contribution in [0.25, 0.3) is 5.65 Å². The van der Waals surface area contributed by atoms with Gasteiger partial charge in [0.05, 0.1) is 0 Å². The average molecular weight is 383 g/mol. The zero-order valence-electron chi connectivity index (χ0n) is 13.9. The molecule has 5 nitrogen and oxygen atoms in total. The van der Waals surface area contributed by atoms with Crippen LogP contribution in [0, 0.1) is 6.92 Å². The molecule has 26 heavy (non-hydrogen) atoms. The lowest BCUT2D eigenvalue weighted by Gasteiger charge is -1.98. The molecule has 0 aliphatic carbocycles. The number of aromatic nitrogens is 3. The smallest absolute Gasteiger partial charge is 0.277 e. The van der Waals surface area contributed by atoms with Crippen LogP contribution in [-0.4, -0.2) is 20.3 Å². The fourth-order valence-corrected chi connectivity index (χ4v) is 3.57. The molecule has 0 aliphatic heterocycles. The number of amides is 1. The van der Waals surface area contributed by atoms with Crippen LogP contribution in [0.3, 0.4) is 0 Å². The molecule has 7 heteroatoms. The van der Waals surface area contributed by atoms with Gasteiger partial charge in [-0.2, -0.15) is 0 Å². The number of aryl methyl sites for hydroxylation is 1. The van der Waals surface area contributed by atoms with Crippen LogP contribution in [0.5, 0.6) is 0 Å². The number of anilines is 1. The lowest BCUT2D eigenvalue weighted by molar-refractivity contribution is 0.102. The van der Waals surface area contributed by atoms with Gasteiger partial charge in [0.25, 0.3) is 5.91 Å². The fraction of sp³-hybridized carbons (Fsp3) is 0.105. The summed E-state index contributed by atoms with van der Waals surface area (Å²) in [7, 11) is 0. The summed E-state index contributed by atoms with van der Waals surface area (Å²) in [5.74, 6) is -0.265. The van der Waals surface area contributed by atoms with Gasteiger partial charge < -0.3 is 4.40 Å². The Kier molecular flexibility index (Phi) is 4.44. The Labute approximate surface area is 159 Å². The standard InChI is InChI=1S/C19H15ClN4OS/c1-12-6-7-24-11-16(22-17(24)8-12)18(25)23-19-21-10-15(26-19)9-13-2-4-14(20)5-3-13/h2-8,10-11H,9H2,1H3,(H,21,23,25). The number of hydrogen-bond acceptors (Lipinski definition) is 4. The highest BCUT2D eigenvalue weighted by Crippen LogP contribution is 2.22. The third kappa shape index (κ3) is 3.61. The Balaban J connectivity index is 1.47. The molecule has 1 amide bonds. The molecule has 0 aliphatic rings. The van der Waals surface area contributed by atoms with Crippen molar-refractivity contribution in [2.24, 2.45) is 0 Å². The number of carbonyl (C=O) groups excluding carboxylic acids is 1. The maximum atomic E-state index is 12.4. The van der Waals surface area contributed by atoms with Crippen molar-refractivity contribution in [2.45, 2.75) is 13.3 Å². The fourth-order valence-electron chi connectivity index (χ4n) is 2.60. The first kappa shape index (κ1) is 16.8. The molecule has 0 bridgehead atoms. The monoisotopic (exact) mass is 382 g/mol. The summed E-state index contributed by atoms with van der Waals surface area (Å²) < 4.78 is 1.83. The molecule has 0 saturated heterocycles. The second-order valence-electron chi connectivity index (χ2n) is 5.98. The van der Waals surface area contributed by atoms with Gasteiger partial charge in [0.1, 0.15) is 11.3 Å². The topological polar surface area (TPSA) is 59.3 Å². The van der Waals surface area contributed by atoms with E-state index in [9.17, 15) is 4.79 Å². The minimum Gasteiger partial charge on any atom is -0.306 e. The molecule has 130 valence electrons. The van der Waals surface area contributed by atoms with Crippen molar-refractivity contribution in [3.05, 3.63) is 81.7 Å². The molecule has 0 fully saturated rings. The van der Waals surface area contributed by atoms with Gasteiger partial charge in [-0.1, -0.05) is 23.7 Å². The van der Waals surface area contributed by atoms with Crippen LogP contribution < -0.4 is 5.32 Å². The molecule has 0 unspecified atom stereocenters. The van der Waals surface area contributed by atoms with E-state index in [4.69, 9.17) is 11.6 Å². The van der Waals surface area contributed by atoms with Gasteiger partial charge in [-0.3, -0.25) is 10.1 Å². The van der Waals surface area contributed by atoms with Crippen LogP contribution >= 0.6 is 22.9 Å². The first-order chi connectivity index (χ1) is 12.6. The number of rotatable bonds is 4. The summed E-state index contributed by atoms with van der Waals surface area (Å²) in [6.07, 6.45) is 6.13. The zero-order chi connectivity index (χ0) is 18.1. The third-order valence-electron chi connectivity index (χ3n) is 3.91. The minimum absolute atomic E-state index is 0.265. The van der Waals surface area contributed by atoms with Gasteiger partial charge in [-0.25, -0.2) is 9.97 Å². The maximum Gasteiger partial charge on any atom is 0.277 e. The summed E-state index contributed by atoms with van der Waals surface area (Å²) in [4.78, 5) is 22.2. The van der Waals surface area contributed by atoms with Crippen LogP contribution in [0.4, 0.5) is 5.13 Å². The van der Waals surface area contributed by atoms with Crippen molar-refractivity contribution >= 4 is 39.6 Å². The number of benzene rings is 1. The van der Waals surface area contributed by atoms with Crippen molar-refractivity contribution in [1.29, 1.82) is 0 Å². The minimum atomic E-state index is -0.265. The molecule has 0 spiro atoms. The van der Waals surface area contributed by atoms with Gasteiger partial charge in [0.15, 0.2) is 5.13 Å². The van der Waals surface area contributed by atoms with Crippen molar-refractivity contribution < 1.29 is 4.79 Å². The molecule has 4 aromatic rings. The quantitative estimate of drug-likeness (QED) is 0.561. The van der Waals surface area contributed by atoms with E-state index < -0.39 is 0 Å². The molecule has 0 radical (unpaired) electrons. The number of hydrogen-bond donors (Lipinski definition) is 1. The number of pyridine rings is 1. The van der Waals surface area contributed by atoms with E-state index in [-0.39, 0.29) is 5.91 Å². The van der Waals surface area contributed by atoms with Crippen LogP contribution in [0.2, 0.25) is 5.02 Å². The summed E-state index contributed by atoms with van der Waals surface area (Å²) >= 11 is 7.36. The number of carbonyl (C=O) groups is 1. The lowest BCUT2D eigenvalue weighted by atomic mass is 10.1. The number of thiazole rings is 1. The third-order valence-corrected chi connectivity index (χ3v) is 5.08. The molecule has 3 heterocycles. The SMILES string of the molecule is Cc1ccn2cc(C(=O)Nc3ncc(Cc4ccc(Cl)cc4)s3)nc2c1. The van der Waals surface area contributed by atoms with Gasteiger partial charge in [0, 0.05) is 34.9 Å². The predicted octanol–water partition coefficient (Wildman–Crippen LogP) is 4.60. The Hall–Kier alpha value is -2.70. The number of nitrogens with one attached hydrogen (secondary N) is 1. The number of imidazole rings is 1. The lowest BCUT2D eigenvalue weighted by Crippen LogP contribution is -2.11. The highest BCUT2D eigenvalue weighted by molar-refractivity contribution is 7.15. The number of halogens is 1. The first-order valence-electron chi connectivity index (χ1n) is 8.03. The van der Waals surface area contributed by atoms with E-state index in [1.807, 2.05) is 53.9 Å². The second-order valence-corrected chi connectivity index (χ2v) is 7.54. The highest BCUT2D eigenvalue weighted by atomic mass is 35.5. The molecular weight excluding hydrogens is 368 g/mol. The van der Waals surface area contributed by atoms with E-state index in [0.29, 0.717) is 15.8 Å². The van der Waals surface area contributed by atoms with Gasteiger partial charge in [-0.05, 0) is 42.3 Å². The molecule has 0 saturated carbocycles. The Bertz CT molecular complexity index is 1080. The molecular formula is C19H15ClN4OS. The summed E-state index contributed by atoms with van der Waals surface area (Å²) in [6.45, 7) is 1.99. The van der Waals surface area contributed by atoms with E-state index >= 15 is 0 Å². The number of fused-ring (bicyclic) bond motifs is 1. The van der Waals surface area contributed by atoms with Crippen molar-refractivity contribution in [3.63, 3.8) is 0 Å². The van der Waals surface area contributed by atoms with Gasteiger partial charge in [-0.15, -0.1) is 11.3 Å². The summed E-state index contributed by atoms with van der Waals surface area (Å²) in [6, 6.07) is 11.6. The van der Waals surface area contributed by atoms with Gasteiger partial charge in [0.2, 0.25) is 0 Å². The first-order valence-corrected chi connectivity index (χ1v) is 9.22. The Morgan fingerprint density at radius 1 is 1.27 bits per heavy atom. The average Bonchev–Trinajstić information content (AvgIpc) is 3.23.